The number of phenols is 1. The number of hydrogen-bond donors (Lipinski definition) is 1. The molecule has 4 atom stereocenters. The Labute approximate surface area is 186 Å². The van der Waals surface area contributed by atoms with Gasteiger partial charge in [-0.2, -0.15) is 0 Å². The fourth-order valence-electron chi connectivity index (χ4n) is 6.31. The lowest BCUT2D eigenvalue weighted by Crippen LogP contribution is -2.42. The third kappa shape index (κ3) is 3.03. The van der Waals surface area contributed by atoms with Crippen LogP contribution < -0.4 is 4.74 Å². The van der Waals surface area contributed by atoms with Crippen LogP contribution in [0.15, 0.2) is 46.4 Å². The molecule has 2 aromatic rings. The Morgan fingerprint density at radius 3 is 2.70 bits per heavy atom. The van der Waals surface area contributed by atoms with Gasteiger partial charge in [-0.1, -0.05) is 35.0 Å². The van der Waals surface area contributed by atoms with Crippen molar-refractivity contribution in [1.82, 2.24) is 0 Å². The monoisotopic (exact) mass is 466 g/mol. The third-order valence-corrected chi connectivity index (χ3v) is 8.40. The predicted octanol–water partition coefficient (Wildman–Crippen LogP) is 6.28. The summed E-state index contributed by atoms with van der Waals surface area (Å²) in [5, 5.41) is 10.2. The number of aromatic hydroxyl groups is 1. The van der Waals surface area contributed by atoms with E-state index in [0.717, 1.165) is 47.7 Å². The number of ether oxygens (including phenoxy) is 1. The number of methoxy groups -OCH3 is 1. The van der Waals surface area contributed by atoms with Crippen molar-refractivity contribution in [2.45, 2.75) is 44.9 Å². The maximum absolute atomic E-state index is 13.5. The number of carbonyl (C=O) groups excluding carboxylic acids is 1. The van der Waals surface area contributed by atoms with Gasteiger partial charge in [-0.25, -0.2) is 0 Å². The second-order valence-electron chi connectivity index (χ2n) is 9.35. The lowest BCUT2D eigenvalue weighted by Gasteiger charge is -2.48. The zero-order chi connectivity index (χ0) is 21.0. The van der Waals surface area contributed by atoms with Crippen molar-refractivity contribution < 1.29 is 14.6 Å². The molecule has 5 rings (SSSR count). The number of aryl methyl sites for hydroxylation is 1. The van der Waals surface area contributed by atoms with Crippen molar-refractivity contribution >= 4 is 27.8 Å². The third-order valence-electron chi connectivity index (χ3n) is 7.87. The van der Waals surface area contributed by atoms with Gasteiger partial charge in [0, 0.05) is 9.89 Å². The number of allylic oxidation sites excluding steroid dienone is 1. The number of Topliss-reactive ketones (excluding diaryl/α,β-unsaturated/α-hetero) is 1. The molecular weight excluding hydrogens is 440 g/mol. The molecule has 2 fully saturated rings. The lowest BCUT2D eigenvalue weighted by atomic mass is 9.55. The van der Waals surface area contributed by atoms with Crippen molar-refractivity contribution in [2.24, 2.45) is 17.3 Å². The van der Waals surface area contributed by atoms with Crippen LogP contribution in [0, 0.1) is 17.3 Å². The minimum Gasteiger partial charge on any atom is -0.504 e. The Hall–Kier alpha value is -2.07. The van der Waals surface area contributed by atoms with Crippen LogP contribution in [0.1, 0.15) is 55.2 Å². The molecule has 0 amide bonds. The smallest absolute Gasteiger partial charge is 0.165 e. The highest BCUT2D eigenvalue weighted by molar-refractivity contribution is 9.10. The fourth-order valence-corrected chi connectivity index (χ4v) is 6.57. The highest BCUT2D eigenvalue weighted by Gasteiger charge is 2.56. The topological polar surface area (TPSA) is 46.5 Å². The number of benzene rings is 2. The molecule has 30 heavy (non-hydrogen) atoms. The number of fused-ring (bicyclic) bond motifs is 5. The Bertz CT molecular complexity index is 1040. The lowest BCUT2D eigenvalue weighted by molar-refractivity contribution is -0.127. The van der Waals surface area contributed by atoms with Crippen LogP contribution in [0.2, 0.25) is 0 Å². The first-order valence-corrected chi connectivity index (χ1v) is 11.6. The highest BCUT2D eigenvalue weighted by Crippen LogP contribution is 2.61. The molecule has 2 aromatic carbocycles. The van der Waals surface area contributed by atoms with Crippen LogP contribution >= 0.6 is 15.9 Å². The van der Waals surface area contributed by atoms with Gasteiger partial charge >= 0.3 is 0 Å². The molecule has 0 unspecified atom stereocenters. The number of ketones is 1. The number of phenolic OH excluding ortho intramolecular Hbond substituents is 1. The van der Waals surface area contributed by atoms with Crippen LogP contribution in [0.5, 0.6) is 11.5 Å². The van der Waals surface area contributed by atoms with E-state index in [1.165, 1.54) is 11.1 Å². The van der Waals surface area contributed by atoms with E-state index in [9.17, 15) is 9.90 Å². The molecule has 2 saturated carbocycles. The molecule has 0 saturated heterocycles. The van der Waals surface area contributed by atoms with Gasteiger partial charge in [0.1, 0.15) is 0 Å². The van der Waals surface area contributed by atoms with Crippen LogP contribution in [-0.4, -0.2) is 18.0 Å². The molecule has 1 N–H and O–H groups in total. The Morgan fingerprint density at radius 1 is 1.20 bits per heavy atom. The zero-order valence-electron chi connectivity index (χ0n) is 17.5. The van der Waals surface area contributed by atoms with E-state index < -0.39 is 0 Å². The van der Waals surface area contributed by atoms with E-state index in [2.05, 4.69) is 41.1 Å². The van der Waals surface area contributed by atoms with Gasteiger partial charge < -0.3 is 9.84 Å². The number of carbonyl (C=O) groups is 1. The summed E-state index contributed by atoms with van der Waals surface area (Å²) < 4.78 is 6.44. The SMILES string of the molecule is COc1cc2c(cc1O)CC[C@@H]1[C@@H]2CC[C@]2(C)C(=O)/C(=C/c3ccc(Br)cc3)C[C@@H]12. The van der Waals surface area contributed by atoms with Crippen LogP contribution in [-0.2, 0) is 11.2 Å². The second-order valence-corrected chi connectivity index (χ2v) is 10.3. The van der Waals surface area contributed by atoms with Gasteiger partial charge in [0.05, 0.1) is 7.11 Å². The van der Waals surface area contributed by atoms with Gasteiger partial charge in [0.15, 0.2) is 17.3 Å². The van der Waals surface area contributed by atoms with E-state index in [0.29, 0.717) is 29.3 Å². The second kappa shape index (κ2) is 7.26. The molecule has 0 spiro atoms. The minimum absolute atomic E-state index is 0.228. The maximum atomic E-state index is 13.5. The number of rotatable bonds is 2. The standard InChI is InChI=1S/C26H27BrO3/c1-26-10-9-19-20(8-5-16-13-23(28)24(30-2)14-21(16)19)22(26)12-17(25(26)29)11-15-3-6-18(27)7-4-15/h3-4,6-7,11,13-14,19-20,22,28H,5,8-10,12H2,1-2H3/b17-11+/t19-,20+,22-,26-/m0/s1. The molecule has 0 radical (unpaired) electrons. The first kappa shape index (κ1) is 19.9. The average molecular weight is 467 g/mol. The largest absolute Gasteiger partial charge is 0.504 e. The summed E-state index contributed by atoms with van der Waals surface area (Å²) in [6, 6.07) is 12.1. The Morgan fingerprint density at radius 2 is 1.97 bits per heavy atom. The normalized spacial score (nSPS) is 31.2. The summed E-state index contributed by atoms with van der Waals surface area (Å²) in [6.07, 6.45) is 6.97. The Balaban J connectivity index is 1.49. The molecule has 0 aliphatic heterocycles. The van der Waals surface area contributed by atoms with Gasteiger partial charge in [0.2, 0.25) is 0 Å². The molecule has 3 nitrogen and oxygen atoms in total. The molecule has 0 aromatic heterocycles. The van der Waals surface area contributed by atoms with Crippen molar-refractivity contribution in [2.75, 3.05) is 7.11 Å². The van der Waals surface area contributed by atoms with E-state index in [4.69, 9.17) is 4.74 Å². The Kier molecular flexibility index (Phi) is 4.81. The van der Waals surface area contributed by atoms with Gasteiger partial charge in [-0.3, -0.25) is 4.79 Å². The summed E-state index contributed by atoms with van der Waals surface area (Å²) in [5.41, 5.74) is 4.39. The van der Waals surface area contributed by atoms with Crippen LogP contribution in [0.25, 0.3) is 6.08 Å². The van der Waals surface area contributed by atoms with Gasteiger partial charge in [-0.15, -0.1) is 0 Å². The average Bonchev–Trinajstić information content (AvgIpc) is 2.99. The van der Waals surface area contributed by atoms with Gasteiger partial charge in [-0.05, 0) is 102 Å². The summed E-state index contributed by atoms with van der Waals surface area (Å²) in [7, 11) is 1.61. The molecule has 4 heteroatoms. The van der Waals surface area contributed by atoms with Crippen molar-refractivity contribution in [3.8, 4) is 11.5 Å². The van der Waals surface area contributed by atoms with Crippen molar-refractivity contribution in [1.29, 1.82) is 0 Å². The maximum Gasteiger partial charge on any atom is 0.165 e. The molecule has 0 heterocycles. The highest BCUT2D eigenvalue weighted by atomic mass is 79.9. The summed E-state index contributed by atoms with van der Waals surface area (Å²) in [4.78, 5) is 13.5. The van der Waals surface area contributed by atoms with E-state index in [1.54, 1.807) is 7.11 Å². The quantitative estimate of drug-likeness (QED) is 0.529. The van der Waals surface area contributed by atoms with E-state index in [1.807, 2.05) is 24.3 Å². The molecule has 3 aliphatic rings. The number of halogens is 1. The molecule has 156 valence electrons. The van der Waals surface area contributed by atoms with E-state index >= 15 is 0 Å². The minimum atomic E-state index is -0.249. The van der Waals surface area contributed by atoms with Crippen molar-refractivity contribution in [3.63, 3.8) is 0 Å². The summed E-state index contributed by atoms with van der Waals surface area (Å²) >= 11 is 3.48. The first-order valence-electron chi connectivity index (χ1n) is 10.8. The molecule has 3 aliphatic carbocycles. The van der Waals surface area contributed by atoms with E-state index in [-0.39, 0.29) is 11.2 Å². The number of hydrogen-bond acceptors (Lipinski definition) is 3. The van der Waals surface area contributed by atoms with Crippen molar-refractivity contribution in [3.05, 3.63) is 63.1 Å². The first-order chi connectivity index (χ1) is 14.4. The van der Waals surface area contributed by atoms with Gasteiger partial charge in [0.25, 0.3) is 0 Å². The summed E-state index contributed by atoms with van der Waals surface area (Å²) in [6.45, 7) is 2.20. The van der Waals surface area contributed by atoms with Crippen LogP contribution in [0.3, 0.4) is 0 Å². The summed E-state index contributed by atoms with van der Waals surface area (Å²) in [5.74, 6) is 2.47. The molecule has 0 bridgehead atoms. The predicted molar refractivity (Wildman–Crippen MR) is 122 cm³/mol. The van der Waals surface area contributed by atoms with Crippen LogP contribution in [0.4, 0.5) is 0 Å². The fraction of sp³-hybridized carbons (Fsp3) is 0.423. The molecular formula is C26H27BrO3. The zero-order valence-corrected chi connectivity index (χ0v) is 19.0.